The van der Waals surface area contributed by atoms with Crippen LogP contribution >= 0.6 is 0 Å². The number of carbonyl (C=O) groups excluding carboxylic acids is 4. The molecular formula is C89H98F8N24O4. The van der Waals surface area contributed by atoms with Gasteiger partial charge in [-0.2, -0.15) is 33.6 Å². The van der Waals surface area contributed by atoms with Gasteiger partial charge in [-0.15, -0.1) is 0 Å². The predicted molar refractivity (Wildman–Crippen MR) is 454 cm³/mol. The zero-order valence-corrected chi connectivity index (χ0v) is 71.7. The molecule has 0 spiro atoms. The first-order valence-corrected chi connectivity index (χ1v) is 41.1. The topological polar surface area (TPSA) is 269 Å². The summed E-state index contributed by atoms with van der Waals surface area (Å²) in [6.45, 7) is 31.7. The van der Waals surface area contributed by atoms with Crippen LogP contribution in [-0.4, -0.2) is 227 Å². The number of halogens is 8. The Bertz CT molecular complexity index is 5770. The number of anilines is 4. The quantitative estimate of drug-likeness (QED) is 0.0813. The van der Waals surface area contributed by atoms with Crippen LogP contribution in [0.2, 0.25) is 0 Å². The van der Waals surface area contributed by atoms with Crippen molar-refractivity contribution in [2.45, 2.75) is 115 Å². The van der Waals surface area contributed by atoms with Gasteiger partial charge in [-0.05, 0) is 144 Å². The first-order valence-electron chi connectivity index (χ1n) is 41.1. The van der Waals surface area contributed by atoms with Gasteiger partial charge in [-0.3, -0.25) is 19.2 Å². The van der Waals surface area contributed by atoms with Gasteiger partial charge >= 0.3 is 6.18 Å². The zero-order chi connectivity index (χ0) is 89.2. The average molecular weight is 1720 g/mol. The minimum Gasteiger partial charge on any atom is -0.353 e. The fraction of sp³-hybridized carbons (Fsp3) is 0.371. The molecule has 12 aromatic rings. The highest BCUT2D eigenvalue weighted by molar-refractivity contribution is 5.75. The minimum atomic E-state index is -4.41. The van der Waals surface area contributed by atoms with E-state index in [1.807, 2.05) is 115 Å². The number of hydrogen-bond acceptors (Lipinski definition) is 20. The van der Waals surface area contributed by atoms with Crippen LogP contribution in [0.3, 0.4) is 0 Å². The third-order valence-electron chi connectivity index (χ3n) is 21.7. The van der Waals surface area contributed by atoms with Gasteiger partial charge < -0.3 is 39.2 Å². The Hall–Kier alpha value is -13.4. The van der Waals surface area contributed by atoms with E-state index in [-0.39, 0.29) is 59.8 Å². The lowest BCUT2D eigenvalue weighted by Gasteiger charge is -2.35. The van der Waals surface area contributed by atoms with E-state index in [2.05, 4.69) is 69.9 Å². The molecular weight excluding hydrogens is 1620 g/mol. The normalized spacial score (nSPS) is 14.3. The lowest BCUT2D eigenvalue weighted by molar-refractivity contribution is -0.137. The molecule has 0 unspecified atom stereocenters. The summed E-state index contributed by atoms with van der Waals surface area (Å²) in [5.41, 5.74) is 8.12. The molecule has 125 heavy (non-hydrogen) atoms. The highest BCUT2D eigenvalue weighted by Gasteiger charge is 2.32. The van der Waals surface area contributed by atoms with Gasteiger partial charge in [0.2, 0.25) is 23.6 Å². The van der Waals surface area contributed by atoms with Crippen LogP contribution in [0.15, 0.2) is 133 Å². The molecule has 654 valence electrons. The maximum Gasteiger partial charge on any atom is 0.416 e. The molecule has 0 radical (unpaired) electrons. The summed E-state index contributed by atoms with van der Waals surface area (Å²) < 4.78 is 116. The van der Waals surface area contributed by atoms with E-state index in [0.717, 1.165) is 87.3 Å². The lowest BCUT2D eigenvalue weighted by Crippen LogP contribution is -2.48. The third kappa shape index (κ3) is 22.7. The fourth-order valence-corrected chi connectivity index (χ4v) is 15.3. The number of alkyl halides is 3. The highest BCUT2D eigenvalue weighted by Crippen LogP contribution is 2.32. The van der Waals surface area contributed by atoms with Crippen LogP contribution in [0.25, 0.3) is 23.3 Å². The molecule has 0 saturated carbocycles. The summed E-state index contributed by atoms with van der Waals surface area (Å²) in [6.07, 6.45) is -3.74. The number of hydrogen-bond donors (Lipinski definition) is 0. The summed E-state index contributed by atoms with van der Waals surface area (Å²) in [6, 6.07) is 34.4. The van der Waals surface area contributed by atoms with Gasteiger partial charge in [0.25, 0.3) is 0 Å². The number of carbonyl (C=O) groups is 4. The van der Waals surface area contributed by atoms with Gasteiger partial charge in [0.1, 0.15) is 64.0 Å². The molecule has 4 saturated heterocycles. The second kappa shape index (κ2) is 39.0. The number of aromatic nitrogens is 16. The summed E-state index contributed by atoms with van der Waals surface area (Å²) in [7, 11) is 0. The minimum absolute atomic E-state index is 0.0332. The monoisotopic (exact) mass is 1720 g/mol. The van der Waals surface area contributed by atoms with Gasteiger partial charge in [-0.1, -0.05) is 42.5 Å². The van der Waals surface area contributed by atoms with Gasteiger partial charge in [0.15, 0.2) is 34.9 Å². The van der Waals surface area contributed by atoms with Gasteiger partial charge in [-0.25, -0.2) is 80.6 Å². The SMILES string of the molecule is CC(=O)N1CCN(c2cc(-n3nc(C)cc3C)nc(Cc3cc(F)ccc3F)n2)CC1.CC(=O)N1CCN(c2cc(-n3nc(C)cc3C)nc(Cc3cccc(C(F)(F)F)c3)n2)CC1.CC(=O)N1CCN(c2cc(-n3nc(C)cc3C)nc(Cc3cccc(F)c3)n2)CC1.CC(=O)N1CCN(c2cc(-n3nc(C)cc3C)nc(Cc3cccc(F)c3F)n2)CC1. The third-order valence-corrected chi connectivity index (χ3v) is 21.7. The summed E-state index contributed by atoms with van der Waals surface area (Å²) in [5.74, 6) is 4.09. The maximum absolute atomic E-state index is 14.3. The van der Waals surface area contributed by atoms with E-state index in [1.54, 1.807) is 73.3 Å². The van der Waals surface area contributed by atoms with Crippen molar-refractivity contribution in [1.29, 1.82) is 0 Å². The first kappa shape index (κ1) is 89.3. The van der Waals surface area contributed by atoms with Crippen molar-refractivity contribution in [3.8, 4) is 23.3 Å². The number of benzene rings is 4. The predicted octanol–water partition coefficient (Wildman–Crippen LogP) is 11.9. The molecule has 8 aromatic heterocycles. The van der Waals surface area contributed by atoms with Gasteiger partial charge in [0.05, 0.1) is 28.3 Å². The number of amides is 4. The second-order valence-electron chi connectivity index (χ2n) is 31.3. The van der Waals surface area contributed by atoms with Crippen molar-refractivity contribution in [2.75, 3.05) is 124 Å². The second-order valence-corrected chi connectivity index (χ2v) is 31.3. The molecule has 0 N–H and O–H groups in total. The number of nitrogens with zero attached hydrogens (tertiary/aromatic N) is 24. The smallest absolute Gasteiger partial charge is 0.353 e. The molecule has 0 atom stereocenters. The van der Waals surface area contributed by atoms with Gasteiger partial charge in [0, 0.05) is 205 Å². The molecule has 28 nitrogen and oxygen atoms in total. The molecule has 4 aliphatic rings. The molecule has 4 amide bonds. The van der Waals surface area contributed by atoms with E-state index in [1.165, 1.54) is 36.4 Å². The average Bonchev–Trinajstić information content (AvgIpc) is 1.74. The van der Waals surface area contributed by atoms with Crippen molar-refractivity contribution in [3.63, 3.8) is 0 Å². The molecule has 16 rings (SSSR count). The van der Waals surface area contributed by atoms with E-state index in [4.69, 9.17) is 9.97 Å². The van der Waals surface area contributed by atoms with E-state index >= 15 is 0 Å². The van der Waals surface area contributed by atoms with Crippen molar-refractivity contribution in [3.05, 3.63) is 259 Å². The van der Waals surface area contributed by atoms with Crippen molar-refractivity contribution < 1.29 is 54.3 Å². The molecule has 4 aliphatic heterocycles. The maximum atomic E-state index is 14.3. The zero-order valence-electron chi connectivity index (χ0n) is 71.7. The van der Waals surface area contributed by atoms with E-state index in [0.29, 0.717) is 181 Å². The number of piperazine rings is 4. The number of aryl methyl sites for hydroxylation is 8. The Morgan fingerprint density at radius 1 is 0.304 bits per heavy atom. The van der Waals surface area contributed by atoms with Crippen LogP contribution < -0.4 is 19.6 Å². The number of rotatable bonds is 16. The Kier molecular flexibility index (Phi) is 27.8. The van der Waals surface area contributed by atoms with Crippen molar-refractivity contribution in [2.24, 2.45) is 0 Å². The summed E-state index contributed by atoms with van der Waals surface area (Å²) >= 11 is 0. The van der Waals surface area contributed by atoms with Crippen molar-refractivity contribution in [1.82, 2.24) is 98.6 Å². The largest absolute Gasteiger partial charge is 0.416 e. The van der Waals surface area contributed by atoms with Crippen LogP contribution in [-0.2, 0) is 51.0 Å². The van der Waals surface area contributed by atoms with Crippen LogP contribution in [0, 0.1) is 84.5 Å². The molecule has 0 bridgehead atoms. The Labute approximate surface area is 718 Å². The van der Waals surface area contributed by atoms with E-state index in [9.17, 15) is 54.3 Å². The Balaban J connectivity index is 0.000000143. The summed E-state index contributed by atoms with van der Waals surface area (Å²) in [4.78, 5) is 99.4. The Morgan fingerprint density at radius 2 is 0.600 bits per heavy atom. The standard InChI is InChI=1S/C23H25F3N6O.2C22H24F2N6O.C22H25FN6O/c1-15-11-16(2)32(29-15)22-14-21(31-9-7-30(8-10-31)17(3)33)27-20(28-22)13-18-5-4-6-19(12-18)23(24,25)26;1-14-10-15(2)30(27-14)22-13-21(29-8-6-28(7-9-29)16(3)31)25-20(26-22)12-17-11-18(23)4-5-19(17)24;1-14-11-15(2)30(27-14)21-13-20(29-9-7-28(8-10-29)16(3)31)25-19(26-21)12-17-5-4-6-18(23)22(17)24;1-15-11-16(2)29(26-15)22-14-21(28-9-7-27(8-10-28)17(3)30)24-20(25-22)13-18-5-4-6-19(23)12-18/h4-6,11-12,14H,7-10,13H2,1-3H3;4-5,10-11,13H,6-9,12H2,1-3H3;4-6,11,13H,7-10,12H2,1-3H3;4-6,11-12,14H,7-10,13H2,1-3H3. The molecule has 12 heterocycles. The fourth-order valence-electron chi connectivity index (χ4n) is 15.3. The summed E-state index contributed by atoms with van der Waals surface area (Å²) in [5, 5.41) is 18.1. The Morgan fingerprint density at radius 3 is 0.912 bits per heavy atom. The molecule has 36 heteroatoms. The molecule has 4 fully saturated rings. The highest BCUT2D eigenvalue weighted by atomic mass is 19.4. The van der Waals surface area contributed by atoms with Crippen LogP contribution in [0.1, 0.15) is 124 Å². The van der Waals surface area contributed by atoms with Crippen LogP contribution in [0.4, 0.5) is 58.4 Å². The molecule has 0 aliphatic carbocycles. The lowest BCUT2D eigenvalue weighted by atomic mass is 10.1. The van der Waals surface area contributed by atoms with Crippen LogP contribution in [0.5, 0.6) is 0 Å². The van der Waals surface area contributed by atoms with Crippen molar-refractivity contribution >= 4 is 46.9 Å². The molecule has 4 aromatic carbocycles. The first-order chi connectivity index (χ1) is 59.6. The van der Waals surface area contributed by atoms with E-state index < -0.39 is 35.0 Å².